The van der Waals surface area contributed by atoms with Gasteiger partial charge in [-0.15, -0.1) is 0 Å². The van der Waals surface area contributed by atoms with Crippen molar-refractivity contribution in [1.82, 2.24) is 5.32 Å². The van der Waals surface area contributed by atoms with E-state index in [1.807, 2.05) is 25.1 Å². The van der Waals surface area contributed by atoms with Crippen molar-refractivity contribution in [2.24, 2.45) is 11.8 Å². The van der Waals surface area contributed by atoms with E-state index in [9.17, 15) is 9.59 Å². The van der Waals surface area contributed by atoms with Gasteiger partial charge in [-0.1, -0.05) is 44.9 Å². The molecule has 25 heavy (non-hydrogen) atoms. The summed E-state index contributed by atoms with van der Waals surface area (Å²) in [6.45, 7) is 7.68. The smallest absolute Gasteiger partial charge is 0.344 e. The van der Waals surface area contributed by atoms with Crippen LogP contribution < -0.4 is 10.1 Å². The van der Waals surface area contributed by atoms with E-state index in [0.29, 0.717) is 17.6 Å². The van der Waals surface area contributed by atoms with E-state index in [2.05, 4.69) is 19.2 Å². The van der Waals surface area contributed by atoms with Crippen LogP contribution in [0.25, 0.3) is 0 Å². The number of rotatable bonds is 6. The Kier molecular flexibility index (Phi) is 6.85. The monoisotopic (exact) mass is 347 g/mol. The summed E-state index contributed by atoms with van der Waals surface area (Å²) in [5.74, 6) is 0.886. The number of hydrogen-bond acceptors (Lipinski definition) is 4. The Morgan fingerprint density at radius 3 is 2.68 bits per heavy atom. The molecule has 1 aliphatic rings. The van der Waals surface area contributed by atoms with E-state index < -0.39 is 12.1 Å². The van der Waals surface area contributed by atoms with Crippen molar-refractivity contribution < 1.29 is 19.1 Å². The number of nitrogens with one attached hydrogen (secondary N) is 1. The minimum absolute atomic E-state index is 0.153. The molecule has 1 N–H and O–H groups in total. The molecule has 2 rings (SSSR count). The number of ether oxygens (including phenoxy) is 2. The highest BCUT2D eigenvalue weighted by molar-refractivity contribution is 5.83. The van der Waals surface area contributed by atoms with Crippen molar-refractivity contribution >= 4 is 11.9 Å². The molecule has 138 valence electrons. The van der Waals surface area contributed by atoms with Crippen LogP contribution in [0.2, 0.25) is 0 Å². The average Bonchev–Trinajstić information content (AvgIpc) is 2.58. The lowest BCUT2D eigenvalue weighted by molar-refractivity contribution is -0.157. The van der Waals surface area contributed by atoms with E-state index >= 15 is 0 Å². The molecule has 0 unspecified atom stereocenters. The number of carbonyl (C=O) groups is 2. The van der Waals surface area contributed by atoms with Gasteiger partial charge in [0.25, 0.3) is 5.91 Å². The first-order valence-corrected chi connectivity index (χ1v) is 9.06. The number of carbonyl (C=O) groups excluding carboxylic acids is 2. The lowest BCUT2D eigenvalue weighted by atomic mass is 9.78. The lowest BCUT2D eigenvalue weighted by Gasteiger charge is -2.35. The van der Waals surface area contributed by atoms with Gasteiger partial charge in [-0.25, -0.2) is 4.79 Å². The largest absolute Gasteiger partial charge is 0.482 e. The second-order valence-electron chi connectivity index (χ2n) is 7.07. The Balaban J connectivity index is 1.78. The zero-order chi connectivity index (χ0) is 18.4. The summed E-state index contributed by atoms with van der Waals surface area (Å²) >= 11 is 0. The molecular weight excluding hydrogens is 318 g/mol. The van der Waals surface area contributed by atoms with Crippen LogP contribution in [0.3, 0.4) is 0 Å². The molecule has 5 nitrogen and oxygen atoms in total. The molecule has 0 aliphatic heterocycles. The second kappa shape index (κ2) is 8.88. The fourth-order valence-corrected chi connectivity index (χ4v) is 3.23. The second-order valence-corrected chi connectivity index (χ2v) is 7.07. The average molecular weight is 347 g/mol. The Hall–Kier alpha value is -2.04. The van der Waals surface area contributed by atoms with Crippen LogP contribution in [0.15, 0.2) is 24.3 Å². The van der Waals surface area contributed by atoms with E-state index in [-0.39, 0.29) is 18.6 Å². The normalized spacial score (nSPS) is 24.2. The SMILES string of the molecule is Cc1ccccc1OCC(=O)O[C@@H](C)C(=O)N[C@@H]1CCC[C@H](C)[C@@H]1C. The quantitative estimate of drug-likeness (QED) is 0.802. The first kappa shape index (κ1) is 19.3. The summed E-state index contributed by atoms with van der Waals surface area (Å²) in [5, 5.41) is 3.03. The number of amides is 1. The molecular formula is C20H29NO4. The van der Waals surface area contributed by atoms with Crippen LogP contribution >= 0.6 is 0 Å². The number of esters is 1. The van der Waals surface area contributed by atoms with Gasteiger partial charge in [0.05, 0.1) is 0 Å². The molecule has 1 aromatic carbocycles. The standard InChI is InChI=1S/C20H29NO4/c1-13-9-7-10-17(15(13)3)21-20(23)16(4)25-19(22)12-24-18-11-6-5-8-14(18)2/h5-6,8,11,13,15-17H,7,9-10,12H2,1-4H3,(H,21,23)/t13-,15-,16-,17+/m0/s1. The maximum Gasteiger partial charge on any atom is 0.344 e. The van der Waals surface area contributed by atoms with Gasteiger partial charge >= 0.3 is 5.97 Å². The Morgan fingerprint density at radius 1 is 1.24 bits per heavy atom. The minimum atomic E-state index is -0.822. The van der Waals surface area contributed by atoms with Crippen molar-refractivity contribution in [3.05, 3.63) is 29.8 Å². The fraction of sp³-hybridized carbons (Fsp3) is 0.600. The van der Waals surface area contributed by atoms with Crippen LogP contribution in [0, 0.1) is 18.8 Å². The fourth-order valence-electron chi connectivity index (χ4n) is 3.23. The van der Waals surface area contributed by atoms with Crippen LogP contribution in [0.4, 0.5) is 0 Å². The highest BCUT2D eigenvalue weighted by Gasteiger charge is 2.30. The number of hydrogen-bond donors (Lipinski definition) is 1. The Bertz CT molecular complexity index is 601. The third-order valence-corrected chi connectivity index (χ3v) is 5.15. The maximum absolute atomic E-state index is 12.3. The van der Waals surface area contributed by atoms with E-state index in [1.165, 1.54) is 6.42 Å². The first-order valence-electron chi connectivity index (χ1n) is 9.06. The molecule has 1 aliphatic carbocycles. The van der Waals surface area contributed by atoms with Gasteiger partial charge in [0.2, 0.25) is 0 Å². The summed E-state index contributed by atoms with van der Waals surface area (Å²) in [6, 6.07) is 7.60. The van der Waals surface area contributed by atoms with Crippen LogP contribution in [-0.4, -0.2) is 30.6 Å². The third kappa shape index (κ3) is 5.48. The summed E-state index contributed by atoms with van der Waals surface area (Å²) in [6.07, 6.45) is 2.48. The minimum Gasteiger partial charge on any atom is -0.482 e. The predicted molar refractivity (Wildman–Crippen MR) is 96.3 cm³/mol. The van der Waals surface area contributed by atoms with Crippen molar-refractivity contribution in [2.45, 2.75) is 59.1 Å². The van der Waals surface area contributed by atoms with E-state index in [1.54, 1.807) is 13.0 Å². The summed E-state index contributed by atoms with van der Waals surface area (Å²) in [4.78, 5) is 24.2. The zero-order valence-corrected chi connectivity index (χ0v) is 15.6. The van der Waals surface area contributed by atoms with Gasteiger partial charge in [0.1, 0.15) is 5.75 Å². The third-order valence-electron chi connectivity index (χ3n) is 5.15. The Labute approximate surface area is 150 Å². The van der Waals surface area contributed by atoms with Crippen LogP contribution in [0.5, 0.6) is 5.75 Å². The first-order chi connectivity index (χ1) is 11.9. The van der Waals surface area contributed by atoms with Gasteiger partial charge in [-0.3, -0.25) is 4.79 Å². The summed E-state index contributed by atoms with van der Waals surface area (Å²) in [7, 11) is 0. The highest BCUT2D eigenvalue weighted by atomic mass is 16.6. The zero-order valence-electron chi connectivity index (χ0n) is 15.6. The van der Waals surface area contributed by atoms with E-state index in [4.69, 9.17) is 9.47 Å². The van der Waals surface area contributed by atoms with Crippen molar-refractivity contribution in [1.29, 1.82) is 0 Å². The summed E-state index contributed by atoms with van der Waals surface area (Å²) < 4.78 is 10.7. The molecule has 1 amide bonds. The molecule has 0 bridgehead atoms. The molecule has 5 heteroatoms. The van der Waals surface area contributed by atoms with Crippen LogP contribution in [0.1, 0.15) is 45.6 Å². The van der Waals surface area contributed by atoms with Crippen molar-refractivity contribution in [3.63, 3.8) is 0 Å². The van der Waals surface area contributed by atoms with Gasteiger partial charge in [0.15, 0.2) is 12.7 Å². The van der Waals surface area contributed by atoms with Gasteiger partial charge in [-0.2, -0.15) is 0 Å². The van der Waals surface area contributed by atoms with Crippen molar-refractivity contribution in [2.75, 3.05) is 6.61 Å². The molecule has 4 atom stereocenters. The molecule has 0 saturated heterocycles. The lowest BCUT2D eigenvalue weighted by Crippen LogP contribution is -2.47. The summed E-state index contributed by atoms with van der Waals surface area (Å²) in [5.41, 5.74) is 0.946. The molecule has 0 heterocycles. The Morgan fingerprint density at radius 2 is 1.96 bits per heavy atom. The number of para-hydroxylation sites is 1. The molecule has 1 aromatic rings. The predicted octanol–water partition coefficient (Wildman–Crippen LogP) is 3.25. The van der Waals surface area contributed by atoms with Crippen LogP contribution in [-0.2, 0) is 14.3 Å². The number of benzene rings is 1. The molecule has 0 spiro atoms. The van der Waals surface area contributed by atoms with Gasteiger partial charge < -0.3 is 14.8 Å². The van der Waals surface area contributed by atoms with E-state index in [0.717, 1.165) is 18.4 Å². The van der Waals surface area contributed by atoms with Crippen molar-refractivity contribution in [3.8, 4) is 5.75 Å². The number of aryl methyl sites for hydroxylation is 1. The molecule has 1 saturated carbocycles. The van der Waals surface area contributed by atoms with Gasteiger partial charge in [0, 0.05) is 6.04 Å². The maximum atomic E-state index is 12.3. The molecule has 1 fully saturated rings. The molecule has 0 radical (unpaired) electrons. The van der Waals surface area contributed by atoms with Gasteiger partial charge in [-0.05, 0) is 43.7 Å². The topological polar surface area (TPSA) is 64.6 Å². The molecule has 0 aromatic heterocycles. The highest BCUT2D eigenvalue weighted by Crippen LogP contribution is 2.29.